The summed E-state index contributed by atoms with van der Waals surface area (Å²) < 4.78 is 12.0. The Morgan fingerprint density at radius 2 is 2.00 bits per heavy atom. The van der Waals surface area contributed by atoms with E-state index in [4.69, 9.17) is 9.47 Å². The van der Waals surface area contributed by atoms with Crippen molar-refractivity contribution in [2.45, 2.75) is 19.1 Å². The Bertz CT molecular complexity index is 338. The highest BCUT2D eigenvalue weighted by Crippen LogP contribution is 2.22. The zero-order chi connectivity index (χ0) is 11.4. The third kappa shape index (κ3) is 3.26. The van der Waals surface area contributed by atoms with Crippen molar-refractivity contribution in [3.05, 3.63) is 16.0 Å². The first-order valence-electron chi connectivity index (χ1n) is 5.17. The molecule has 1 aliphatic heterocycles. The van der Waals surface area contributed by atoms with Gasteiger partial charge in [-0.3, -0.25) is 0 Å². The fraction of sp³-hybridized carbons (Fsp3) is 0.600. The number of ether oxygens (including phenoxy) is 2. The van der Waals surface area contributed by atoms with E-state index in [1.54, 1.807) is 12.4 Å². The SMILES string of the molecule is CC1(CCNc2ncc(I)cn2)OCCO1. The molecule has 1 fully saturated rings. The molecule has 0 saturated carbocycles. The van der Waals surface area contributed by atoms with Crippen molar-refractivity contribution >= 4 is 28.5 Å². The Hall–Kier alpha value is -0.470. The van der Waals surface area contributed by atoms with Gasteiger partial charge in [0, 0.05) is 28.9 Å². The second kappa shape index (κ2) is 5.24. The summed E-state index contributed by atoms with van der Waals surface area (Å²) in [4.78, 5) is 8.31. The molecule has 0 aromatic carbocycles. The van der Waals surface area contributed by atoms with E-state index in [1.807, 2.05) is 6.92 Å². The zero-order valence-electron chi connectivity index (χ0n) is 9.07. The van der Waals surface area contributed by atoms with E-state index >= 15 is 0 Å². The number of hydrogen-bond donors (Lipinski definition) is 1. The van der Waals surface area contributed by atoms with Gasteiger partial charge in [0.2, 0.25) is 5.95 Å². The molecule has 2 heterocycles. The molecule has 1 aliphatic rings. The highest BCUT2D eigenvalue weighted by atomic mass is 127. The molecular weight excluding hydrogens is 321 g/mol. The highest BCUT2D eigenvalue weighted by molar-refractivity contribution is 14.1. The molecule has 0 unspecified atom stereocenters. The minimum atomic E-state index is -0.448. The lowest BCUT2D eigenvalue weighted by Gasteiger charge is -2.22. The molecule has 1 saturated heterocycles. The van der Waals surface area contributed by atoms with Gasteiger partial charge in [0.05, 0.1) is 13.2 Å². The summed E-state index contributed by atoms with van der Waals surface area (Å²) in [5.74, 6) is 0.193. The van der Waals surface area contributed by atoms with Crippen LogP contribution in [0, 0.1) is 3.57 Å². The lowest BCUT2D eigenvalue weighted by molar-refractivity contribution is -0.144. The van der Waals surface area contributed by atoms with Gasteiger partial charge in [0.25, 0.3) is 0 Å². The van der Waals surface area contributed by atoms with E-state index in [1.165, 1.54) is 0 Å². The largest absolute Gasteiger partial charge is 0.354 e. The first kappa shape index (κ1) is 12.0. The lowest BCUT2D eigenvalue weighted by Crippen LogP contribution is -2.28. The molecule has 0 bridgehead atoms. The molecular formula is C10H14IN3O2. The van der Waals surface area contributed by atoms with Crippen LogP contribution >= 0.6 is 22.6 Å². The fourth-order valence-corrected chi connectivity index (χ4v) is 1.78. The molecule has 16 heavy (non-hydrogen) atoms. The summed E-state index contributed by atoms with van der Waals surface area (Å²) in [6.45, 7) is 4.04. The first-order chi connectivity index (χ1) is 7.68. The van der Waals surface area contributed by atoms with E-state index < -0.39 is 5.79 Å². The van der Waals surface area contributed by atoms with Crippen LogP contribution < -0.4 is 5.32 Å². The smallest absolute Gasteiger partial charge is 0.222 e. The average molecular weight is 335 g/mol. The topological polar surface area (TPSA) is 56.3 Å². The van der Waals surface area contributed by atoms with Crippen LogP contribution in [0.4, 0.5) is 5.95 Å². The standard InChI is InChI=1S/C10H14IN3O2/c1-10(15-4-5-16-10)2-3-12-9-13-6-8(11)7-14-9/h6-7H,2-5H2,1H3,(H,12,13,14). The Labute approximate surface area is 108 Å². The lowest BCUT2D eigenvalue weighted by atomic mass is 10.2. The molecule has 0 atom stereocenters. The molecule has 1 N–H and O–H groups in total. The quantitative estimate of drug-likeness (QED) is 0.848. The van der Waals surface area contributed by atoms with Crippen molar-refractivity contribution in [1.82, 2.24) is 9.97 Å². The molecule has 1 aromatic heterocycles. The van der Waals surface area contributed by atoms with Crippen LogP contribution in [0.15, 0.2) is 12.4 Å². The third-order valence-corrected chi connectivity index (χ3v) is 2.94. The van der Waals surface area contributed by atoms with E-state index in [9.17, 15) is 0 Å². The van der Waals surface area contributed by atoms with Gasteiger partial charge >= 0.3 is 0 Å². The molecule has 1 aromatic rings. The van der Waals surface area contributed by atoms with Gasteiger partial charge in [-0.2, -0.15) is 0 Å². The minimum Gasteiger partial charge on any atom is -0.354 e. The first-order valence-corrected chi connectivity index (χ1v) is 6.25. The van der Waals surface area contributed by atoms with Crippen molar-refractivity contribution in [2.24, 2.45) is 0 Å². The van der Waals surface area contributed by atoms with Gasteiger partial charge in [-0.1, -0.05) is 0 Å². The zero-order valence-corrected chi connectivity index (χ0v) is 11.2. The van der Waals surface area contributed by atoms with Gasteiger partial charge < -0.3 is 14.8 Å². The van der Waals surface area contributed by atoms with Crippen molar-refractivity contribution < 1.29 is 9.47 Å². The van der Waals surface area contributed by atoms with Crippen molar-refractivity contribution in [2.75, 3.05) is 25.1 Å². The summed E-state index contributed by atoms with van der Waals surface area (Å²) in [7, 11) is 0. The predicted octanol–water partition coefficient (Wildman–Crippen LogP) is 1.65. The van der Waals surface area contributed by atoms with Crippen LogP contribution in [0.5, 0.6) is 0 Å². The van der Waals surface area contributed by atoms with Crippen LogP contribution in [0.25, 0.3) is 0 Å². The maximum Gasteiger partial charge on any atom is 0.222 e. The van der Waals surface area contributed by atoms with Gasteiger partial charge in [-0.15, -0.1) is 0 Å². The average Bonchev–Trinajstić information content (AvgIpc) is 2.69. The highest BCUT2D eigenvalue weighted by Gasteiger charge is 2.30. The summed E-state index contributed by atoms with van der Waals surface area (Å²) in [5.41, 5.74) is 0. The van der Waals surface area contributed by atoms with Crippen LogP contribution in [0.3, 0.4) is 0 Å². The molecule has 6 heteroatoms. The molecule has 0 amide bonds. The summed E-state index contributed by atoms with van der Waals surface area (Å²) >= 11 is 2.17. The van der Waals surface area contributed by atoms with Gasteiger partial charge in [-0.05, 0) is 29.5 Å². The Morgan fingerprint density at radius 1 is 1.38 bits per heavy atom. The molecule has 0 spiro atoms. The Kier molecular flexibility index (Phi) is 3.93. The van der Waals surface area contributed by atoms with E-state index in [0.29, 0.717) is 19.2 Å². The molecule has 2 rings (SSSR count). The maximum atomic E-state index is 5.49. The molecule has 0 radical (unpaired) electrons. The van der Waals surface area contributed by atoms with Crippen LogP contribution in [-0.2, 0) is 9.47 Å². The summed E-state index contributed by atoms with van der Waals surface area (Å²) in [6.07, 6.45) is 4.34. The maximum absolute atomic E-state index is 5.49. The summed E-state index contributed by atoms with van der Waals surface area (Å²) in [6, 6.07) is 0. The number of rotatable bonds is 4. The minimum absolute atomic E-state index is 0.448. The molecule has 5 nitrogen and oxygen atoms in total. The number of nitrogens with one attached hydrogen (secondary N) is 1. The van der Waals surface area contributed by atoms with Gasteiger partial charge in [-0.25, -0.2) is 9.97 Å². The van der Waals surface area contributed by atoms with Gasteiger partial charge in [0.1, 0.15) is 0 Å². The van der Waals surface area contributed by atoms with Crippen molar-refractivity contribution in [3.63, 3.8) is 0 Å². The fourth-order valence-electron chi connectivity index (χ4n) is 1.51. The monoisotopic (exact) mass is 335 g/mol. The number of halogens is 1. The second-order valence-electron chi connectivity index (χ2n) is 3.73. The van der Waals surface area contributed by atoms with E-state index in [2.05, 4.69) is 37.9 Å². The predicted molar refractivity (Wildman–Crippen MR) is 68.2 cm³/mol. The number of aromatic nitrogens is 2. The Balaban J connectivity index is 1.77. The third-order valence-electron chi connectivity index (χ3n) is 2.38. The molecule has 88 valence electrons. The van der Waals surface area contributed by atoms with Crippen LogP contribution in [0.2, 0.25) is 0 Å². The Morgan fingerprint density at radius 3 is 2.62 bits per heavy atom. The number of anilines is 1. The number of nitrogens with zero attached hydrogens (tertiary/aromatic N) is 2. The van der Waals surface area contributed by atoms with Crippen molar-refractivity contribution in [1.29, 1.82) is 0 Å². The normalized spacial score (nSPS) is 18.6. The second-order valence-corrected chi connectivity index (χ2v) is 4.98. The van der Waals surface area contributed by atoms with Crippen LogP contribution in [0.1, 0.15) is 13.3 Å². The van der Waals surface area contributed by atoms with Crippen LogP contribution in [-0.4, -0.2) is 35.5 Å². The van der Waals surface area contributed by atoms with Gasteiger partial charge in [0.15, 0.2) is 5.79 Å². The van der Waals surface area contributed by atoms with E-state index in [0.717, 1.165) is 16.5 Å². The van der Waals surface area contributed by atoms with Crippen molar-refractivity contribution in [3.8, 4) is 0 Å². The summed E-state index contributed by atoms with van der Waals surface area (Å²) in [5, 5.41) is 3.14. The van der Waals surface area contributed by atoms with E-state index in [-0.39, 0.29) is 0 Å². The molecule has 0 aliphatic carbocycles. The number of hydrogen-bond acceptors (Lipinski definition) is 5.